The Bertz CT molecular complexity index is 44.0. The second kappa shape index (κ2) is 2.25. The Morgan fingerprint density at radius 2 is 0.800 bits per heavy atom. The van der Waals surface area contributed by atoms with Crippen LogP contribution in [0.1, 0.15) is 0 Å². The summed E-state index contributed by atoms with van der Waals surface area (Å²) in [7, 11) is 0. The molecule has 0 bridgehead atoms. The fourth-order valence-corrected chi connectivity index (χ4v) is 0.111. The molecule has 0 aromatic carbocycles. The first kappa shape index (κ1) is 5.00. The van der Waals surface area contributed by atoms with E-state index in [9.17, 15) is 0 Å². The third kappa shape index (κ3) is 1.000. The van der Waals surface area contributed by atoms with Gasteiger partial charge in [-0.15, -0.1) is 0 Å². The number of hydrogen-bond donors (Lipinski definition) is 0. The molecule has 0 saturated carbocycles. The average Bonchev–Trinajstić information content (AvgIpc) is 0.722. The summed E-state index contributed by atoms with van der Waals surface area (Å²) in [4.78, 5) is 0. The first-order valence-electron chi connectivity index (χ1n) is 1.33. The molecule has 0 heterocycles. The molecule has 0 spiro atoms. The van der Waals surface area contributed by atoms with E-state index in [1.54, 1.807) is 0 Å². The van der Waals surface area contributed by atoms with Crippen LogP contribution in [0, 0.1) is 0 Å². The molecule has 0 unspecified atom stereocenters. The van der Waals surface area contributed by atoms with Crippen LogP contribution >= 0.6 is 0 Å². The quantitative estimate of drug-likeness (QED) is 0.407. The molecule has 0 atom stereocenters. The number of rotatable bonds is 0. The van der Waals surface area contributed by atoms with Crippen LogP contribution in [0.25, 0.3) is 0 Å². The summed E-state index contributed by atoms with van der Waals surface area (Å²) in [6, 6.07) is 0. The zero-order valence-corrected chi connectivity index (χ0v) is 3.77. The molecule has 0 fully saturated rings. The fourth-order valence-electron chi connectivity index (χ4n) is 0.111. The maximum absolute atomic E-state index is 2.00. The smallest absolute Gasteiger partial charge is 0 e. The molecule has 0 aliphatic heterocycles. The van der Waals surface area contributed by atoms with Crippen molar-refractivity contribution in [2.45, 2.75) is 0 Å². The Balaban J connectivity index is 0.000000160. The SMILES string of the molecule is C1=CC=C1.[Fe]. The maximum atomic E-state index is 2.00. The Labute approximate surface area is 42.0 Å². The molecule has 5 heavy (non-hydrogen) atoms. The van der Waals surface area contributed by atoms with Crippen molar-refractivity contribution in [1.29, 1.82) is 0 Å². The Morgan fingerprint density at radius 3 is 0.800 bits per heavy atom. The van der Waals surface area contributed by atoms with E-state index in [1.165, 1.54) is 0 Å². The molecule has 1 heteroatoms. The van der Waals surface area contributed by atoms with Crippen LogP contribution in [0.3, 0.4) is 0 Å². The van der Waals surface area contributed by atoms with Crippen molar-refractivity contribution < 1.29 is 17.1 Å². The van der Waals surface area contributed by atoms with E-state index in [2.05, 4.69) is 0 Å². The minimum atomic E-state index is 0. The summed E-state index contributed by atoms with van der Waals surface area (Å²) in [6.07, 6.45) is 8.00. The topological polar surface area (TPSA) is 0 Å². The maximum Gasteiger partial charge on any atom is 0 e. The van der Waals surface area contributed by atoms with Gasteiger partial charge in [-0.05, 0) is 0 Å². The summed E-state index contributed by atoms with van der Waals surface area (Å²) in [5.41, 5.74) is 0. The van der Waals surface area contributed by atoms with Crippen LogP contribution in [0.5, 0.6) is 0 Å². The van der Waals surface area contributed by atoms with Crippen LogP contribution in [0.4, 0.5) is 0 Å². The number of hydrogen-bond acceptors (Lipinski definition) is 0. The predicted molar refractivity (Wildman–Crippen MR) is 18.3 cm³/mol. The van der Waals surface area contributed by atoms with Gasteiger partial charge in [-0.1, -0.05) is 24.3 Å². The van der Waals surface area contributed by atoms with Gasteiger partial charge in [-0.25, -0.2) is 0 Å². The van der Waals surface area contributed by atoms with Crippen LogP contribution in [0.15, 0.2) is 24.3 Å². The summed E-state index contributed by atoms with van der Waals surface area (Å²) >= 11 is 0. The summed E-state index contributed by atoms with van der Waals surface area (Å²) in [6.45, 7) is 0. The predicted octanol–water partition coefficient (Wildman–Crippen LogP) is 1.11. The van der Waals surface area contributed by atoms with Crippen LogP contribution in [-0.4, -0.2) is 0 Å². The molecule has 0 radical (unpaired) electrons. The van der Waals surface area contributed by atoms with E-state index in [0.717, 1.165) is 0 Å². The molecule has 0 nitrogen and oxygen atoms in total. The zero-order valence-electron chi connectivity index (χ0n) is 2.66. The summed E-state index contributed by atoms with van der Waals surface area (Å²) in [5.74, 6) is 0. The molecular weight excluding hydrogens is 104 g/mol. The molecule has 1 aliphatic rings. The van der Waals surface area contributed by atoms with E-state index in [-0.39, 0.29) is 17.1 Å². The van der Waals surface area contributed by atoms with Crippen molar-refractivity contribution in [3.63, 3.8) is 0 Å². The molecular formula is C4H4Fe. The molecule has 0 aromatic heterocycles. The van der Waals surface area contributed by atoms with Gasteiger partial charge in [-0.3, -0.25) is 0 Å². The van der Waals surface area contributed by atoms with E-state index in [0.29, 0.717) is 0 Å². The van der Waals surface area contributed by atoms with Crippen molar-refractivity contribution in [1.82, 2.24) is 0 Å². The Hall–Kier alpha value is -0.000519. The third-order valence-electron chi connectivity index (χ3n) is 0.444. The molecule has 0 aromatic rings. The Kier molecular flexibility index (Phi) is 2.25. The molecule has 0 amide bonds. The normalized spacial score (nSPS) is 12.8. The van der Waals surface area contributed by atoms with Crippen LogP contribution in [-0.2, 0) is 17.1 Å². The van der Waals surface area contributed by atoms with E-state index in [4.69, 9.17) is 0 Å². The largest absolute Gasteiger partial charge is 0.0623 e. The van der Waals surface area contributed by atoms with Crippen molar-refractivity contribution in [2.24, 2.45) is 0 Å². The van der Waals surface area contributed by atoms with Gasteiger partial charge < -0.3 is 0 Å². The molecule has 1 rings (SSSR count). The monoisotopic (exact) mass is 108 g/mol. The fraction of sp³-hybridized carbons (Fsp3) is 0. The van der Waals surface area contributed by atoms with Gasteiger partial charge in [0.15, 0.2) is 0 Å². The van der Waals surface area contributed by atoms with Gasteiger partial charge in [-0.2, -0.15) is 0 Å². The second-order valence-electron chi connectivity index (χ2n) is 0.770. The van der Waals surface area contributed by atoms with E-state index < -0.39 is 0 Å². The van der Waals surface area contributed by atoms with E-state index >= 15 is 0 Å². The van der Waals surface area contributed by atoms with Gasteiger partial charge in [0.1, 0.15) is 0 Å². The van der Waals surface area contributed by atoms with Crippen molar-refractivity contribution in [3.8, 4) is 0 Å². The van der Waals surface area contributed by atoms with Gasteiger partial charge in [0.05, 0.1) is 0 Å². The minimum absolute atomic E-state index is 0. The Morgan fingerprint density at radius 1 is 0.600 bits per heavy atom. The average molecular weight is 108 g/mol. The zero-order chi connectivity index (χ0) is 2.83. The van der Waals surface area contributed by atoms with Crippen molar-refractivity contribution in [2.75, 3.05) is 0 Å². The molecule has 1 aliphatic carbocycles. The first-order chi connectivity index (χ1) is 2.00. The standard InChI is InChI=1S/C4H4.Fe/c1-2-4-3-1;/h1-4H;. The van der Waals surface area contributed by atoms with Gasteiger partial charge in [0.2, 0.25) is 0 Å². The van der Waals surface area contributed by atoms with Crippen molar-refractivity contribution in [3.05, 3.63) is 24.3 Å². The van der Waals surface area contributed by atoms with Gasteiger partial charge in [0.25, 0.3) is 0 Å². The van der Waals surface area contributed by atoms with Crippen LogP contribution in [0.2, 0.25) is 0 Å². The third-order valence-corrected chi connectivity index (χ3v) is 0.444. The van der Waals surface area contributed by atoms with Crippen LogP contribution < -0.4 is 0 Å². The second-order valence-corrected chi connectivity index (χ2v) is 0.770. The van der Waals surface area contributed by atoms with Gasteiger partial charge in [0, 0.05) is 17.1 Å². The summed E-state index contributed by atoms with van der Waals surface area (Å²) in [5, 5.41) is 0. The van der Waals surface area contributed by atoms with Gasteiger partial charge >= 0.3 is 0 Å². The minimum Gasteiger partial charge on any atom is -0.0623 e. The summed E-state index contributed by atoms with van der Waals surface area (Å²) < 4.78 is 0. The van der Waals surface area contributed by atoms with E-state index in [1.807, 2.05) is 24.3 Å². The number of allylic oxidation sites excluding steroid dienone is 4. The molecule has 28 valence electrons. The van der Waals surface area contributed by atoms with Crippen molar-refractivity contribution >= 4 is 0 Å². The molecule has 0 N–H and O–H groups in total. The molecule has 0 saturated heterocycles. The first-order valence-corrected chi connectivity index (χ1v) is 1.33.